The Hall–Kier alpha value is -2.46. The normalized spacial score (nSPS) is 19.8. The predicted octanol–water partition coefficient (Wildman–Crippen LogP) is 4.02. The third kappa shape index (κ3) is 4.33. The maximum atomic E-state index is 11.9. The van der Waals surface area contributed by atoms with Crippen LogP contribution in [0.1, 0.15) is 16.7 Å². The Balaban J connectivity index is 1.58. The van der Waals surface area contributed by atoms with Crippen molar-refractivity contribution in [3.63, 3.8) is 0 Å². The van der Waals surface area contributed by atoms with E-state index in [4.69, 9.17) is 4.74 Å². The van der Waals surface area contributed by atoms with E-state index in [1.807, 2.05) is 54.6 Å². The quantitative estimate of drug-likeness (QED) is 0.708. The minimum Gasteiger partial charge on any atom is -0.382 e. The van der Waals surface area contributed by atoms with Gasteiger partial charge < -0.3 is 9.84 Å². The van der Waals surface area contributed by atoms with Crippen LogP contribution in [-0.4, -0.2) is 35.8 Å². The van der Waals surface area contributed by atoms with Gasteiger partial charge in [-0.25, -0.2) is 0 Å². The first-order valence-electron chi connectivity index (χ1n) is 9.94. The van der Waals surface area contributed by atoms with Gasteiger partial charge in [0.1, 0.15) is 11.7 Å². The number of hydrogen-bond acceptors (Lipinski definition) is 3. The topological polar surface area (TPSA) is 32.7 Å². The third-order valence-electron chi connectivity index (χ3n) is 5.52. The summed E-state index contributed by atoms with van der Waals surface area (Å²) in [5, 5.41) is 11.9. The van der Waals surface area contributed by atoms with Gasteiger partial charge in [-0.2, -0.15) is 0 Å². The molecule has 1 fully saturated rings. The molecule has 0 unspecified atom stereocenters. The molecule has 0 radical (unpaired) electrons. The lowest BCUT2D eigenvalue weighted by atomic mass is 9.81. The van der Waals surface area contributed by atoms with Crippen LogP contribution in [-0.2, 0) is 23.3 Å². The summed E-state index contributed by atoms with van der Waals surface area (Å²) in [4.78, 5) is 2.38. The van der Waals surface area contributed by atoms with E-state index in [2.05, 4.69) is 41.3 Å². The van der Waals surface area contributed by atoms with Crippen LogP contribution >= 0.6 is 0 Å². The molecule has 0 saturated carbocycles. The molecule has 3 nitrogen and oxygen atoms in total. The van der Waals surface area contributed by atoms with Gasteiger partial charge in [-0.05, 0) is 16.7 Å². The van der Waals surface area contributed by atoms with Crippen LogP contribution in [0.4, 0.5) is 0 Å². The van der Waals surface area contributed by atoms with Gasteiger partial charge >= 0.3 is 0 Å². The summed E-state index contributed by atoms with van der Waals surface area (Å²) in [5.41, 5.74) is 2.23. The average Bonchev–Trinajstić information content (AvgIpc) is 2.76. The van der Waals surface area contributed by atoms with E-state index in [0.717, 1.165) is 24.2 Å². The SMILES string of the molecule is O[C@](Cc1ccccc1)(c1ccccc1)[C@H]1CN(Cc2ccccc2)CCO1. The fraction of sp³-hybridized carbons (Fsp3) is 0.280. The zero-order chi connectivity index (χ0) is 19.2. The van der Waals surface area contributed by atoms with Crippen molar-refractivity contribution >= 4 is 0 Å². The molecular weight excluding hydrogens is 346 g/mol. The second-order valence-corrected chi connectivity index (χ2v) is 7.53. The van der Waals surface area contributed by atoms with Crippen LogP contribution in [0.15, 0.2) is 91.0 Å². The molecule has 1 aliphatic rings. The van der Waals surface area contributed by atoms with E-state index in [-0.39, 0.29) is 6.10 Å². The highest BCUT2D eigenvalue weighted by atomic mass is 16.5. The zero-order valence-corrected chi connectivity index (χ0v) is 16.1. The summed E-state index contributed by atoms with van der Waals surface area (Å²) in [6.07, 6.45) is 0.245. The second kappa shape index (κ2) is 8.70. The molecule has 2 atom stereocenters. The summed E-state index contributed by atoms with van der Waals surface area (Å²) < 4.78 is 6.15. The van der Waals surface area contributed by atoms with Gasteiger partial charge in [0, 0.05) is 26.1 Å². The van der Waals surface area contributed by atoms with Crippen LogP contribution < -0.4 is 0 Å². The van der Waals surface area contributed by atoms with Gasteiger partial charge in [-0.1, -0.05) is 91.0 Å². The maximum Gasteiger partial charge on any atom is 0.121 e. The van der Waals surface area contributed by atoms with Gasteiger partial charge in [-0.3, -0.25) is 4.90 Å². The summed E-state index contributed by atoms with van der Waals surface area (Å²) in [6, 6.07) is 30.6. The Morgan fingerprint density at radius 3 is 2.04 bits per heavy atom. The van der Waals surface area contributed by atoms with Crippen LogP contribution in [0, 0.1) is 0 Å². The van der Waals surface area contributed by atoms with E-state index >= 15 is 0 Å². The van der Waals surface area contributed by atoms with Crippen LogP contribution in [0.3, 0.4) is 0 Å². The molecule has 1 saturated heterocycles. The summed E-state index contributed by atoms with van der Waals surface area (Å²) in [6.45, 7) is 3.08. The molecule has 3 aromatic rings. The van der Waals surface area contributed by atoms with Crippen LogP contribution in [0.5, 0.6) is 0 Å². The lowest BCUT2D eigenvalue weighted by Gasteiger charge is -2.42. The van der Waals surface area contributed by atoms with Gasteiger partial charge in [0.2, 0.25) is 0 Å². The van der Waals surface area contributed by atoms with E-state index < -0.39 is 5.60 Å². The van der Waals surface area contributed by atoms with Crippen molar-refractivity contribution in [3.05, 3.63) is 108 Å². The van der Waals surface area contributed by atoms with Crippen molar-refractivity contribution in [2.45, 2.75) is 24.7 Å². The highest BCUT2D eigenvalue weighted by molar-refractivity contribution is 5.29. The Morgan fingerprint density at radius 2 is 1.39 bits per heavy atom. The number of aliphatic hydroxyl groups is 1. The van der Waals surface area contributed by atoms with Crippen molar-refractivity contribution in [2.24, 2.45) is 0 Å². The van der Waals surface area contributed by atoms with Crippen molar-refractivity contribution in [1.82, 2.24) is 4.90 Å². The lowest BCUT2D eigenvalue weighted by Crippen LogP contribution is -2.53. The minimum absolute atomic E-state index is 0.285. The van der Waals surface area contributed by atoms with Crippen LogP contribution in [0.25, 0.3) is 0 Å². The highest BCUT2D eigenvalue weighted by Gasteiger charge is 2.42. The molecule has 144 valence electrons. The van der Waals surface area contributed by atoms with Crippen molar-refractivity contribution < 1.29 is 9.84 Å². The van der Waals surface area contributed by atoms with E-state index in [1.165, 1.54) is 5.56 Å². The first-order valence-corrected chi connectivity index (χ1v) is 9.94. The summed E-state index contributed by atoms with van der Waals surface area (Å²) in [7, 11) is 0. The Bertz CT molecular complexity index is 853. The highest BCUT2D eigenvalue weighted by Crippen LogP contribution is 2.33. The van der Waals surface area contributed by atoms with Crippen LogP contribution in [0.2, 0.25) is 0 Å². The predicted molar refractivity (Wildman–Crippen MR) is 112 cm³/mol. The number of morpholine rings is 1. The molecule has 4 rings (SSSR count). The number of nitrogens with zero attached hydrogens (tertiary/aromatic N) is 1. The number of hydrogen-bond donors (Lipinski definition) is 1. The summed E-state index contributed by atoms with van der Waals surface area (Å²) in [5.74, 6) is 0. The standard InChI is InChI=1S/C25H27NO2/c27-25(23-14-8-3-9-15-23,18-21-10-4-1-5-11-21)24-20-26(16-17-28-24)19-22-12-6-2-7-13-22/h1-15,24,27H,16-20H2/t24-,25-/m1/s1. The van der Waals surface area contributed by atoms with E-state index in [1.54, 1.807) is 0 Å². The molecule has 0 aromatic heterocycles. The van der Waals surface area contributed by atoms with Crippen molar-refractivity contribution in [3.8, 4) is 0 Å². The van der Waals surface area contributed by atoms with E-state index in [9.17, 15) is 5.11 Å². The molecule has 0 amide bonds. The Kier molecular flexibility index (Phi) is 5.87. The van der Waals surface area contributed by atoms with Gasteiger partial charge in [-0.15, -0.1) is 0 Å². The maximum absolute atomic E-state index is 11.9. The smallest absolute Gasteiger partial charge is 0.121 e. The first-order chi connectivity index (χ1) is 13.7. The molecule has 0 spiro atoms. The van der Waals surface area contributed by atoms with Crippen molar-refractivity contribution in [1.29, 1.82) is 0 Å². The first kappa shape index (κ1) is 18.9. The molecule has 28 heavy (non-hydrogen) atoms. The Morgan fingerprint density at radius 1 is 0.821 bits per heavy atom. The molecule has 3 heteroatoms. The molecule has 1 heterocycles. The fourth-order valence-electron chi connectivity index (χ4n) is 4.01. The molecule has 0 aliphatic carbocycles. The number of ether oxygens (including phenoxy) is 1. The lowest BCUT2D eigenvalue weighted by molar-refractivity contribution is -0.149. The number of rotatable bonds is 6. The van der Waals surface area contributed by atoms with Gasteiger partial charge in [0.15, 0.2) is 0 Å². The zero-order valence-electron chi connectivity index (χ0n) is 16.1. The molecule has 1 aliphatic heterocycles. The second-order valence-electron chi connectivity index (χ2n) is 7.53. The molecule has 1 N–H and O–H groups in total. The fourth-order valence-corrected chi connectivity index (χ4v) is 4.01. The van der Waals surface area contributed by atoms with Gasteiger partial charge in [0.05, 0.1) is 6.61 Å². The average molecular weight is 373 g/mol. The largest absolute Gasteiger partial charge is 0.382 e. The molecule has 3 aromatic carbocycles. The Labute approximate surface area is 167 Å². The summed E-state index contributed by atoms with van der Waals surface area (Å²) >= 11 is 0. The minimum atomic E-state index is -1.07. The molecule has 0 bridgehead atoms. The van der Waals surface area contributed by atoms with Gasteiger partial charge in [0.25, 0.3) is 0 Å². The molecular formula is C25H27NO2. The monoisotopic (exact) mass is 373 g/mol. The van der Waals surface area contributed by atoms with E-state index in [0.29, 0.717) is 19.6 Å². The number of benzene rings is 3. The van der Waals surface area contributed by atoms with Crippen molar-refractivity contribution in [2.75, 3.05) is 19.7 Å². The third-order valence-corrected chi connectivity index (χ3v) is 5.52.